The molecule has 358 valence electrons. The van der Waals surface area contributed by atoms with E-state index in [1.54, 1.807) is 0 Å². The van der Waals surface area contributed by atoms with Crippen LogP contribution in [0.1, 0.15) is 47.9 Å². The third kappa shape index (κ3) is 8.55. The van der Waals surface area contributed by atoms with Gasteiger partial charge in [-0.3, -0.25) is 0 Å². The van der Waals surface area contributed by atoms with Crippen LogP contribution in [0.4, 0.5) is 28.4 Å². The first kappa shape index (κ1) is 45.6. The van der Waals surface area contributed by atoms with Crippen LogP contribution >= 0.6 is 0 Å². The Morgan fingerprint density at radius 3 is 1.03 bits per heavy atom. The Balaban J connectivity index is 0.918. The summed E-state index contributed by atoms with van der Waals surface area (Å²) in [6.45, 7) is 0. The van der Waals surface area contributed by atoms with Gasteiger partial charge in [-0.15, -0.1) is 0 Å². The number of fused-ring (bicyclic) bond motifs is 3. The Hall–Kier alpha value is -9.24. The van der Waals surface area contributed by atoms with Gasteiger partial charge in [0.2, 0.25) is 0 Å². The molecule has 0 spiro atoms. The zero-order valence-corrected chi connectivity index (χ0v) is 41.9. The molecule has 0 saturated heterocycles. The topological polar surface area (TPSA) is 6.48 Å². The van der Waals surface area contributed by atoms with E-state index in [0.29, 0.717) is 0 Å². The van der Waals surface area contributed by atoms with Gasteiger partial charge in [-0.25, -0.2) is 0 Å². The lowest BCUT2D eigenvalue weighted by Gasteiger charge is -2.35. The lowest BCUT2D eigenvalue weighted by atomic mass is 9.67. The maximum absolute atomic E-state index is 2.48. The van der Waals surface area contributed by atoms with Gasteiger partial charge in [0.25, 0.3) is 0 Å². The molecule has 0 aliphatic heterocycles. The second-order valence-electron chi connectivity index (χ2n) is 19.9. The van der Waals surface area contributed by atoms with Crippen molar-refractivity contribution in [2.45, 2.75) is 31.1 Å². The summed E-state index contributed by atoms with van der Waals surface area (Å²) >= 11 is 0. The minimum absolute atomic E-state index is 0.574. The summed E-state index contributed by atoms with van der Waals surface area (Å²) in [7, 11) is 0. The molecule has 0 aromatic heterocycles. The average molecular weight is 961 g/mol. The normalized spacial score (nSPS) is 14.2. The predicted molar refractivity (Wildman–Crippen MR) is 315 cm³/mol. The average Bonchev–Trinajstić information content (AvgIpc) is 3.88. The fraction of sp³-hybridized carbons (Fsp3) is 0.0685. The molecule has 3 aliphatic rings. The maximum Gasteiger partial charge on any atom is 0.0713 e. The SMILES string of the molecule is C1=CCCC(C2=CC=C(N(c3ccc(-c4ccccc4)cc3)c3ccc(C4(c5ccc(N(c6ccc(-c7ccccc7)cc6)c6ccc(-c7ccccc7)cc6)cc5)c5ccccc5-c5ccccc54)cc3)CC2)=C1. The van der Waals surface area contributed by atoms with Crippen LogP contribution in [-0.2, 0) is 5.41 Å². The molecule has 0 radical (unpaired) electrons. The van der Waals surface area contributed by atoms with Gasteiger partial charge in [0.05, 0.1) is 5.41 Å². The summed E-state index contributed by atoms with van der Waals surface area (Å²) in [5.74, 6) is 0. The minimum Gasteiger partial charge on any atom is -0.314 e. The highest BCUT2D eigenvalue weighted by atomic mass is 15.2. The lowest BCUT2D eigenvalue weighted by Crippen LogP contribution is -2.29. The number of benzene rings is 10. The summed E-state index contributed by atoms with van der Waals surface area (Å²) in [6.07, 6.45) is 15.7. The first-order valence-electron chi connectivity index (χ1n) is 26.4. The molecule has 0 unspecified atom stereocenters. The smallest absolute Gasteiger partial charge is 0.0713 e. The van der Waals surface area contributed by atoms with Crippen molar-refractivity contribution in [3.05, 3.63) is 330 Å². The van der Waals surface area contributed by atoms with Crippen molar-refractivity contribution >= 4 is 28.4 Å². The molecule has 10 aromatic carbocycles. The quantitative estimate of drug-likeness (QED) is 0.120. The van der Waals surface area contributed by atoms with E-state index >= 15 is 0 Å². The molecular weight excluding hydrogens is 905 g/mol. The number of anilines is 5. The van der Waals surface area contributed by atoms with Crippen LogP contribution in [-0.4, -0.2) is 0 Å². The van der Waals surface area contributed by atoms with Gasteiger partial charge in [0.1, 0.15) is 0 Å². The van der Waals surface area contributed by atoms with Crippen molar-refractivity contribution in [1.82, 2.24) is 0 Å². The molecule has 0 heterocycles. The molecule has 0 N–H and O–H groups in total. The molecule has 0 saturated carbocycles. The van der Waals surface area contributed by atoms with E-state index in [-0.39, 0.29) is 0 Å². The van der Waals surface area contributed by atoms with E-state index in [2.05, 4.69) is 301 Å². The molecule has 2 heteroatoms. The van der Waals surface area contributed by atoms with Crippen LogP contribution in [0.5, 0.6) is 0 Å². The van der Waals surface area contributed by atoms with Crippen LogP contribution in [0.15, 0.2) is 308 Å². The van der Waals surface area contributed by atoms with Crippen molar-refractivity contribution in [2.24, 2.45) is 0 Å². The summed E-state index contributed by atoms with van der Waals surface area (Å²) in [6, 6.07) is 96.0. The zero-order chi connectivity index (χ0) is 50.0. The van der Waals surface area contributed by atoms with E-state index in [4.69, 9.17) is 0 Å². The largest absolute Gasteiger partial charge is 0.314 e. The molecule has 10 aromatic rings. The highest BCUT2D eigenvalue weighted by Crippen LogP contribution is 2.57. The highest BCUT2D eigenvalue weighted by Gasteiger charge is 2.46. The number of allylic oxidation sites excluding steroid dienone is 8. The Morgan fingerprint density at radius 1 is 0.280 bits per heavy atom. The van der Waals surface area contributed by atoms with Crippen molar-refractivity contribution in [3.8, 4) is 44.5 Å². The van der Waals surface area contributed by atoms with Gasteiger partial charge in [-0.1, -0.05) is 224 Å². The summed E-state index contributed by atoms with van der Waals surface area (Å²) < 4.78 is 0. The van der Waals surface area contributed by atoms with Gasteiger partial charge in [0, 0.05) is 34.1 Å². The van der Waals surface area contributed by atoms with Crippen LogP contribution in [0, 0.1) is 0 Å². The Bertz CT molecular complexity index is 3620. The Kier molecular flexibility index (Phi) is 12.2. The van der Waals surface area contributed by atoms with Crippen molar-refractivity contribution in [1.29, 1.82) is 0 Å². The van der Waals surface area contributed by atoms with Crippen LogP contribution in [0.2, 0.25) is 0 Å². The molecule has 75 heavy (non-hydrogen) atoms. The molecule has 0 bridgehead atoms. The van der Waals surface area contributed by atoms with Gasteiger partial charge < -0.3 is 9.80 Å². The van der Waals surface area contributed by atoms with Gasteiger partial charge in [-0.2, -0.15) is 0 Å². The third-order valence-corrected chi connectivity index (χ3v) is 15.6. The minimum atomic E-state index is -0.574. The lowest BCUT2D eigenvalue weighted by molar-refractivity contribution is 0.768. The standard InChI is InChI=1S/C73H56N2/c1-5-17-53(18-6-1)57-29-41-63(42-30-57)74(64-43-31-58(32-44-64)54-19-7-2-8-20-54)67-49-37-61(38-50-67)73(71-27-15-13-25-69(71)70-26-14-16-28-72(70)73)62-39-51-68(52-40-62)75(65-45-33-59(34-46-65)55-21-9-3-10-22-55)66-47-35-60(36-48-66)56-23-11-4-12-24-56/h1-11,13-23,25-35,37-47,49-52H,12,24,36,48H2. The first-order chi connectivity index (χ1) is 37.2. The molecule has 3 aliphatic carbocycles. The fourth-order valence-corrected chi connectivity index (χ4v) is 11.9. The van der Waals surface area contributed by atoms with Gasteiger partial charge in [-0.05, 0) is 170 Å². The van der Waals surface area contributed by atoms with Crippen LogP contribution in [0.3, 0.4) is 0 Å². The van der Waals surface area contributed by atoms with Crippen LogP contribution < -0.4 is 9.80 Å². The summed E-state index contributed by atoms with van der Waals surface area (Å²) in [5, 5.41) is 0. The Labute approximate surface area is 441 Å². The Morgan fingerprint density at radius 2 is 0.640 bits per heavy atom. The van der Waals surface area contributed by atoms with Crippen LogP contribution in [0.25, 0.3) is 44.5 Å². The summed E-state index contributed by atoms with van der Waals surface area (Å²) in [5.41, 5.74) is 24.0. The summed E-state index contributed by atoms with van der Waals surface area (Å²) in [4.78, 5) is 4.86. The number of hydrogen-bond acceptors (Lipinski definition) is 2. The maximum atomic E-state index is 2.48. The monoisotopic (exact) mass is 960 g/mol. The molecule has 2 nitrogen and oxygen atoms in total. The third-order valence-electron chi connectivity index (χ3n) is 15.6. The highest BCUT2D eigenvalue weighted by molar-refractivity contribution is 5.88. The van der Waals surface area contributed by atoms with E-state index < -0.39 is 5.41 Å². The molecule has 0 atom stereocenters. The first-order valence-corrected chi connectivity index (χ1v) is 26.4. The number of nitrogens with zero attached hydrogens (tertiary/aromatic N) is 2. The molecule has 0 fully saturated rings. The van der Waals surface area contributed by atoms with Crippen molar-refractivity contribution in [3.63, 3.8) is 0 Å². The van der Waals surface area contributed by atoms with Gasteiger partial charge in [0.15, 0.2) is 0 Å². The number of rotatable bonds is 12. The van der Waals surface area contributed by atoms with Crippen molar-refractivity contribution in [2.75, 3.05) is 9.80 Å². The zero-order valence-electron chi connectivity index (χ0n) is 41.9. The second kappa shape index (κ2) is 20.0. The molecule has 0 amide bonds. The fourth-order valence-electron chi connectivity index (χ4n) is 11.9. The van der Waals surface area contributed by atoms with E-state index in [1.807, 2.05) is 0 Å². The van der Waals surface area contributed by atoms with Crippen molar-refractivity contribution < 1.29 is 0 Å². The van der Waals surface area contributed by atoms with E-state index in [1.165, 1.54) is 83.6 Å². The molecular formula is C73H56N2. The molecule has 13 rings (SSSR count). The predicted octanol–water partition coefficient (Wildman–Crippen LogP) is 19.5. The van der Waals surface area contributed by atoms with E-state index in [9.17, 15) is 0 Å². The second-order valence-corrected chi connectivity index (χ2v) is 19.9. The number of hydrogen-bond donors (Lipinski definition) is 0. The van der Waals surface area contributed by atoms with E-state index in [0.717, 1.165) is 54.1 Å². The van der Waals surface area contributed by atoms with Gasteiger partial charge >= 0.3 is 0 Å².